The Bertz CT molecular complexity index is 189. The Kier molecular flexibility index (Phi) is 6.45. The molecule has 2 heteroatoms. The lowest BCUT2D eigenvalue weighted by atomic mass is 9.98. The van der Waals surface area contributed by atoms with E-state index in [1.165, 1.54) is 38.5 Å². The predicted molar refractivity (Wildman–Crippen MR) is 65.4 cm³/mol. The van der Waals surface area contributed by atoms with Crippen molar-refractivity contribution in [3.05, 3.63) is 0 Å². The fourth-order valence-electron chi connectivity index (χ4n) is 1.96. The topological polar surface area (TPSA) is 21.6 Å². The Morgan fingerprint density at radius 3 is 2.80 bits per heavy atom. The largest absolute Gasteiger partial charge is 0.479 e. The van der Waals surface area contributed by atoms with Gasteiger partial charge in [-0.05, 0) is 12.3 Å². The van der Waals surface area contributed by atoms with Crippen LogP contribution in [0.4, 0.5) is 0 Å². The van der Waals surface area contributed by atoms with Gasteiger partial charge < -0.3 is 4.74 Å². The van der Waals surface area contributed by atoms with Gasteiger partial charge in [0, 0.05) is 6.42 Å². The number of nitrogens with zero attached hydrogens (tertiary/aromatic N) is 1. The molecule has 0 aromatic rings. The fourth-order valence-corrected chi connectivity index (χ4v) is 1.96. The molecule has 0 radical (unpaired) electrons. The smallest absolute Gasteiger partial charge is 0.183 e. The van der Waals surface area contributed by atoms with Crippen molar-refractivity contribution >= 4 is 5.90 Å². The first-order valence-electron chi connectivity index (χ1n) is 6.49. The average molecular weight is 211 g/mol. The second kappa shape index (κ2) is 7.72. The van der Waals surface area contributed by atoms with E-state index in [1.54, 1.807) is 0 Å². The fraction of sp³-hybridized carbons (Fsp3) is 0.923. The van der Waals surface area contributed by atoms with E-state index in [1.807, 2.05) is 0 Å². The van der Waals surface area contributed by atoms with Gasteiger partial charge in [0.15, 0.2) is 5.90 Å². The van der Waals surface area contributed by atoms with Crippen molar-refractivity contribution in [3.8, 4) is 0 Å². The third-order valence-corrected chi connectivity index (χ3v) is 3.05. The molecule has 0 saturated heterocycles. The number of hydrogen-bond donors (Lipinski definition) is 0. The lowest BCUT2D eigenvalue weighted by Crippen LogP contribution is -2.03. The minimum Gasteiger partial charge on any atom is -0.479 e. The van der Waals surface area contributed by atoms with Crippen molar-refractivity contribution in [2.45, 2.75) is 58.8 Å². The van der Waals surface area contributed by atoms with Crippen LogP contribution < -0.4 is 0 Å². The lowest BCUT2D eigenvalue weighted by molar-refractivity contribution is 0.332. The first-order valence-corrected chi connectivity index (χ1v) is 6.49. The summed E-state index contributed by atoms with van der Waals surface area (Å²) in [5, 5.41) is 0. The quantitative estimate of drug-likeness (QED) is 0.560. The zero-order valence-corrected chi connectivity index (χ0v) is 10.3. The molecule has 0 spiro atoms. The molecule has 0 fully saturated rings. The third-order valence-electron chi connectivity index (χ3n) is 3.05. The molecule has 1 aliphatic rings. The summed E-state index contributed by atoms with van der Waals surface area (Å²) in [7, 11) is 0. The van der Waals surface area contributed by atoms with Crippen molar-refractivity contribution < 1.29 is 4.74 Å². The molecular weight excluding hydrogens is 186 g/mol. The van der Waals surface area contributed by atoms with Crippen molar-refractivity contribution in [1.29, 1.82) is 0 Å². The molecule has 0 bridgehead atoms. The molecule has 1 rings (SSSR count). The molecule has 88 valence electrons. The summed E-state index contributed by atoms with van der Waals surface area (Å²) in [6.45, 7) is 6.29. The van der Waals surface area contributed by atoms with Crippen LogP contribution in [-0.4, -0.2) is 19.0 Å². The Morgan fingerprint density at radius 2 is 2.13 bits per heavy atom. The first kappa shape index (κ1) is 12.5. The SMILES string of the molecule is CCCCCCC(C)CCC1=NCCO1. The van der Waals surface area contributed by atoms with E-state index in [-0.39, 0.29) is 0 Å². The molecule has 1 unspecified atom stereocenters. The summed E-state index contributed by atoms with van der Waals surface area (Å²) in [6, 6.07) is 0. The minimum atomic E-state index is 0.806. The van der Waals surface area contributed by atoms with E-state index in [0.717, 1.165) is 31.4 Å². The molecule has 0 amide bonds. The molecule has 0 aromatic heterocycles. The van der Waals surface area contributed by atoms with E-state index in [2.05, 4.69) is 18.8 Å². The molecule has 15 heavy (non-hydrogen) atoms. The van der Waals surface area contributed by atoms with E-state index in [0.29, 0.717) is 0 Å². The maximum absolute atomic E-state index is 5.40. The lowest BCUT2D eigenvalue weighted by Gasteiger charge is -2.10. The molecule has 1 heterocycles. The van der Waals surface area contributed by atoms with E-state index in [9.17, 15) is 0 Å². The molecule has 0 aliphatic carbocycles. The minimum absolute atomic E-state index is 0.806. The van der Waals surface area contributed by atoms with Crippen LogP contribution in [0.15, 0.2) is 4.99 Å². The van der Waals surface area contributed by atoms with Crippen LogP contribution in [0.25, 0.3) is 0 Å². The molecule has 0 N–H and O–H groups in total. The van der Waals surface area contributed by atoms with E-state index in [4.69, 9.17) is 4.74 Å². The number of unbranched alkanes of at least 4 members (excludes halogenated alkanes) is 3. The van der Waals surface area contributed by atoms with Gasteiger partial charge in [-0.25, -0.2) is 0 Å². The highest BCUT2D eigenvalue weighted by atomic mass is 16.5. The molecule has 0 saturated carbocycles. The standard InChI is InChI=1S/C13H25NO/c1-3-4-5-6-7-12(2)8-9-13-14-10-11-15-13/h12H,3-11H2,1-2H3. The van der Waals surface area contributed by atoms with Crippen molar-refractivity contribution in [1.82, 2.24) is 0 Å². The van der Waals surface area contributed by atoms with Gasteiger partial charge in [0.25, 0.3) is 0 Å². The zero-order valence-electron chi connectivity index (χ0n) is 10.3. The number of hydrogen-bond acceptors (Lipinski definition) is 2. The van der Waals surface area contributed by atoms with Crippen LogP contribution in [0.3, 0.4) is 0 Å². The van der Waals surface area contributed by atoms with Gasteiger partial charge in [-0.15, -0.1) is 0 Å². The van der Waals surface area contributed by atoms with Gasteiger partial charge in [-0.2, -0.15) is 0 Å². The third kappa shape index (κ3) is 5.81. The maximum atomic E-state index is 5.40. The maximum Gasteiger partial charge on any atom is 0.183 e. The van der Waals surface area contributed by atoms with Crippen LogP contribution in [0, 0.1) is 5.92 Å². The zero-order chi connectivity index (χ0) is 10.9. The Labute approximate surface area is 94.1 Å². The van der Waals surface area contributed by atoms with Gasteiger partial charge in [-0.3, -0.25) is 4.99 Å². The van der Waals surface area contributed by atoms with Crippen LogP contribution in [-0.2, 0) is 4.74 Å². The number of aliphatic imine (C=N–C) groups is 1. The highest BCUT2D eigenvalue weighted by Crippen LogP contribution is 2.16. The summed E-state index contributed by atoms with van der Waals surface area (Å²) in [5.74, 6) is 1.82. The highest BCUT2D eigenvalue weighted by molar-refractivity contribution is 5.77. The Hall–Kier alpha value is -0.530. The van der Waals surface area contributed by atoms with Crippen molar-refractivity contribution in [3.63, 3.8) is 0 Å². The molecule has 0 aromatic carbocycles. The first-order chi connectivity index (χ1) is 7.33. The summed E-state index contributed by atoms with van der Waals surface area (Å²) < 4.78 is 5.40. The van der Waals surface area contributed by atoms with Crippen LogP contribution in [0.5, 0.6) is 0 Å². The van der Waals surface area contributed by atoms with Gasteiger partial charge in [-0.1, -0.05) is 46.0 Å². The Morgan fingerprint density at radius 1 is 1.27 bits per heavy atom. The Balaban J connectivity index is 1.95. The number of rotatable bonds is 8. The summed E-state index contributed by atoms with van der Waals surface area (Å²) in [6.07, 6.45) is 9.18. The van der Waals surface area contributed by atoms with Gasteiger partial charge in [0.1, 0.15) is 6.61 Å². The van der Waals surface area contributed by atoms with Crippen LogP contribution in [0.2, 0.25) is 0 Å². The van der Waals surface area contributed by atoms with Crippen molar-refractivity contribution in [2.75, 3.05) is 13.2 Å². The van der Waals surface area contributed by atoms with Gasteiger partial charge in [0.2, 0.25) is 0 Å². The normalized spacial score (nSPS) is 17.3. The molecule has 1 aliphatic heterocycles. The monoisotopic (exact) mass is 211 g/mol. The molecular formula is C13H25NO. The van der Waals surface area contributed by atoms with Crippen molar-refractivity contribution in [2.24, 2.45) is 10.9 Å². The van der Waals surface area contributed by atoms with Gasteiger partial charge >= 0.3 is 0 Å². The van der Waals surface area contributed by atoms with Gasteiger partial charge in [0.05, 0.1) is 6.54 Å². The highest BCUT2D eigenvalue weighted by Gasteiger charge is 2.09. The predicted octanol–water partition coefficient (Wildman–Crippen LogP) is 3.80. The second-order valence-electron chi connectivity index (χ2n) is 4.62. The summed E-state index contributed by atoms with van der Waals surface area (Å²) in [5.41, 5.74) is 0. The van der Waals surface area contributed by atoms with Crippen LogP contribution >= 0.6 is 0 Å². The molecule has 1 atom stereocenters. The summed E-state index contributed by atoms with van der Waals surface area (Å²) >= 11 is 0. The van der Waals surface area contributed by atoms with E-state index >= 15 is 0 Å². The number of ether oxygens (including phenoxy) is 1. The molecule has 2 nitrogen and oxygen atoms in total. The average Bonchev–Trinajstić information content (AvgIpc) is 2.74. The van der Waals surface area contributed by atoms with Crippen LogP contribution in [0.1, 0.15) is 58.8 Å². The second-order valence-corrected chi connectivity index (χ2v) is 4.62. The summed E-state index contributed by atoms with van der Waals surface area (Å²) in [4.78, 5) is 4.31. The van der Waals surface area contributed by atoms with E-state index < -0.39 is 0 Å².